The fourth-order valence-corrected chi connectivity index (χ4v) is 4.68. The maximum Gasteiger partial charge on any atom is 0.255 e. The summed E-state index contributed by atoms with van der Waals surface area (Å²) in [6.45, 7) is 0. The third kappa shape index (κ3) is 4.15. The van der Waals surface area contributed by atoms with Gasteiger partial charge in [-0.1, -0.05) is 48.6 Å². The number of anilines is 1. The number of aliphatic imine (C=N–C) groups is 1. The number of carbonyl (C=O) groups excluding carboxylic acids is 1. The van der Waals surface area contributed by atoms with E-state index in [-0.39, 0.29) is 5.91 Å². The summed E-state index contributed by atoms with van der Waals surface area (Å²) in [5.41, 5.74) is 10.5. The Morgan fingerprint density at radius 3 is 2.40 bits per heavy atom. The first-order valence-electron chi connectivity index (χ1n) is 11.7. The summed E-state index contributed by atoms with van der Waals surface area (Å²) in [5, 5.41) is 3.02. The minimum absolute atomic E-state index is 0.108. The predicted octanol–water partition coefficient (Wildman–Crippen LogP) is 6.86. The molecule has 0 radical (unpaired) electrons. The van der Waals surface area contributed by atoms with Crippen LogP contribution in [0.15, 0.2) is 96.0 Å². The summed E-state index contributed by atoms with van der Waals surface area (Å²) in [6.07, 6.45) is 5.94. The molecule has 4 aromatic rings. The molecule has 0 fully saturated rings. The number of rotatable bonds is 5. The van der Waals surface area contributed by atoms with E-state index in [2.05, 4.69) is 47.8 Å². The van der Waals surface area contributed by atoms with Crippen LogP contribution in [0.25, 0.3) is 17.2 Å². The lowest BCUT2D eigenvalue weighted by atomic mass is 9.99. The number of benzene rings is 4. The van der Waals surface area contributed by atoms with Gasteiger partial charge >= 0.3 is 0 Å². The lowest BCUT2D eigenvalue weighted by Crippen LogP contribution is -2.12. The largest absolute Gasteiger partial charge is 0.497 e. The number of nitrogens with one attached hydrogen (secondary N) is 1. The van der Waals surface area contributed by atoms with Gasteiger partial charge in [0.2, 0.25) is 0 Å². The highest BCUT2D eigenvalue weighted by Gasteiger charge is 2.18. The van der Waals surface area contributed by atoms with Crippen molar-refractivity contribution < 1.29 is 9.53 Å². The van der Waals surface area contributed by atoms with E-state index >= 15 is 0 Å². The van der Waals surface area contributed by atoms with Gasteiger partial charge in [0, 0.05) is 17.7 Å². The van der Waals surface area contributed by atoms with Crippen LogP contribution in [0.3, 0.4) is 0 Å². The Morgan fingerprint density at radius 2 is 1.60 bits per heavy atom. The first kappa shape index (κ1) is 21.1. The molecule has 0 bridgehead atoms. The summed E-state index contributed by atoms with van der Waals surface area (Å²) in [6, 6.07) is 28.2. The lowest BCUT2D eigenvalue weighted by Gasteiger charge is -2.08. The molecular formula is C31H24N2O2. The zero-order valence-corrected chi connectivity index (χ0v) is 19.4. The topological polar surface area (TPSA) is 50.7 Å². The van der Waals surface area contributed by atoms with Crippen molar-refractivity contribution in [2.75, 3.05) is 12.4 Å². The number of amides is 1. The number of methoxy groups -OCH3 is 1. The standard InChI is InChI=1S/C31H24N2O2/c1-35-28-14-10-21(11-15-28)25-12-16-29-26(17-25)19-30(33-29)22-5-7-23(8-6-22)31(34)32-27-13-9-20-3-2-4-24(20)18-27/h2-3,5-18H,4,19H2,1H3,(H,32,34). The normalized spacial score (nSPS) is 13.2. The summed E-state index contributed by atoms with van der Waals surface area (Å²) in [4.78, 5) is 17.6. The number of hydrogen-bond acceptors (Lipinski definition) is 3. The van der Waals surface area contributed by atoms with Crippen molar-refractivity contribution in [3.05, 3.63) is 119 Å². The molecule has 170 valence electrons. The molecule has 1 amide bonds. The predicted molar refractivity (Wildman–Crippen MR) is 142 cm³/mol. The van der Waals surface area contributed by atoms with Crippen LogP contribution in [0.1, 0.15) is 32.6 Å². The van der Waals surface area contributed by atoms with Crippen molar-refractivity contribution in [1.82, 2.24) is 0 Å². The Hall–Kier alpha value is -4.44. The van der Waals surface area contributed by atoms with E-state index in [0.29, 0.717) is 5.56 Å². The lowest BCUT2D eigenvalue weighted by molar-refractivity contribution is 0.102. The summed E-state index contributed by atoms with van der Waals surface area (Å²) in [5.74, 6) is 0.741. The molecule has 0 spiro atoms. The van der Waals surface area contributed by atoms with Crippen molar-refractivity contribution in [2.24, 2.45) is 4.99 Å². The Balaban J connectivity index is 1.15. The Kier molecular flexibility index (Phi) is 5.27. The van der Waals surface area contributed by atoms with Gasteiger partial charge in [0.25, 0.3) is 5.91 Å². The molecule has 0 saturated heterocycles. The second kappa shape index (κ2) is 8.73. The van der Waals surface area contributed by atoms with E-state index in [1.54, 1.807) is 7.11 Å². The van der Waals surface area contributed by atoms with Crippen molar-refractivity contribution in [3.8, 4) is 16.9 Å². The minimum atomic E-state index is -0.108. The molecule has 4 heteroatoms. The van der Waals surface area contributed by atoms with Crippen LogP contribution in [0, 0.1) is 0 Å². The second-order valence-electron chi connectivity index (χ2n) is 8.86. The quantitative estimate of drug-likeness (QED) is 0.357. The van der Waals surface area contributed by atoms with Crippen LogP contribution in [-0.4, -0.2) is 18.7 Å². The van der Waals surface area contributed by atoms with Crippen molar-refractivity contribution in [3.63, 3.8) is 0 Å². The highest BCUT2D eigenvalue weighted by Crippen LogP contribution is 2.33. The maximum absolute atomic E-state index is 12.8. The molecule has 1 N–H and O–H groups in total. The zero-order valence-electron chi connectivity index (χ0n) is 19.4. The number of carbonyl (C=O) groups is 1. The van der Waals surface area contributed by atoms with Gasteiger partial charge in [-0.15, -0.1) is 0 Å². The number of ether oxygens (including phenoxy) is 1. The van der Waals surface area contributed by atoms with Crippen LogP contribution < -0.4 is 10.1 Å². The number of hydrogen-bond donors (Lipinski definition) is 1. The van der Waals surface area contributed by atoms with Gasteiger partial charge in [-0.05, 0) is 88.3 Å². The molecule has 4 aromatic carbocycles. The molecule has 0 atom stereocenters. The molecule has 0 saturated carbocycles. The number of fused-ring (bicyclic) bond motifs is 2. The van der Waals surface area contributed by atoms with E-state index in [0.717, 1.165) is 52.4 Å². The van der Waals surface area contributed by atoms with Gasteiger partial charge in [-0.3, -0.25) is 9.79 Å². The Bertz CT molecular complexity index is 1500. The van der Waals surface area contributed by atoms with Crippen LogP contribution in [0.4, 0.5) is 11.4 Å². The van der Waals surface area contributed by atoms with E-state index in [9.17, 15) is 4.79 Å². The van der Waals surface area contributed by atoms with Gasteiger partial charge in [0.1, 0.15) is 5.75 Å². The Morgan fingerprint density at radius 1 is 0.829 bits per heavy atom. The van der Waals surface area contributed by atoms with Gasteiger partial charge in [-0.25, -0.2) is 0 Å². The fourth-order valence-electron chi connectivity index (χ4n) is 4.68. The molecule has 6 rings (SSSR count). The van der Waals surface area contributed by atoms with Crippen LogP contribution in [0.5, 0.6) is 5.75 Å². The Labute approximate surface area is 204 Å². The maximum atomic E-state index is 12.8. The van der Waals surface area contributed by atoms with Crippen LogP contribution in [0.2, 0.25) is 0 Å². The molecule has 1 aliphatic carbocycles. The molecule has 0 aromatic heterocycles. The smallest absolute Gasteiger partial charge is 0.255 e. The third-order valence-electron chi connectivity index (χ3n) is 6.63. The van der Waals surface area contributed by atoms with E-state index in [1.165, 1.54) is 16.7 Å². The van der Waals surface area contributed by atoms with Crippen LogP contribution >= 0.6 is 0 Å². The summed E-state index contributed by atoms with van der Waals surface area (Å²) >= 11 is 0. The summed E-state index contributed by atoms with van der Waals surface area (Å²) in [7, 11) is 1.67. The monoisotopic (exact) mass is 456 g/mol. The first-order chi connectivity index (χ1) is 17.2. The molecule has 2 aliphatic rings. The van der Waals surface area contributed by atoms with Crippen molar-refractivity contribution in [2.45, 2.75) is 12.8 Å². The van der Waals surface area contributed by atoms with Gasteiger partial charge in [-0.2, -0.15) is 0 Å². The average Bonchev–Trinajstić information content (AvgIpc) is 3.55. The first-order valence-corrected chi connectivity index (χ1v) is 11.7. The van der Waals surface area contributed by atoms with Gasteiger partial charge < -0.3 is 10.1 Å². The van der Waals surface area contributed by atoms with Crippen molar-refractivity contribution in [1.29, 1.82) is 0 Å². The molecular weight excluding hydrogens is 432 g/mol. The second-order valence-corrected chi connectivity index (χ2v) is 8.86. The number of allylic oxidation sites excluding steroid dienone is 1. The molecule has 0 unspecified atom stereocenters. The fraction of sp³-hybridized carbons (Fsp3) is 0.0968. The van der Waals surface area contributed by atoms with Crippen molar-refractivity contribution >= 4 is 29.1 Å². The van der Waals surface area contributed by atoms with E-state index in [4.69, 9.17) is 9.73 Å². The summed E-state index contributed by atoms with van der Waals surface area (Å²) < 4.78 is 5.27. The third-order valence-corrected chi connectivity index (χ3v) is 6.63. The SMILES string of the molecule is COc1ccc(-c2ccc3c(c2)CC(c2ccc(C(=O)Nc4ccc5c(c4)CC=C5)cc2)=N3)cc1. The highest BCUT2D eigenvalue weighted by atomic mass is 16.5. The van der Waals surface area contributed by atoms with Crippen LogP contribution in [-0.2, 0) is 12.8 Å². The molecule has 4 nitrogen and oxygen atoms in total. The zero-order chi connectivity index (χ0) is 23.8. The minimum Gasteiger partial charge on any atom is -0.497 e. The molecule has 1 aliphatic heterocycles. The highest BCUT2D eigenvalue weighted by molar-refractivity contribution is 6.08. The van der Waals surface area contributed by atoms with E-state index in [1.807, 2.05) is 54.6 Å². The van der Waals surface area contributed by atoms with Gasteiger partial charge in [0.15, 0.2) is 0 Å². The van der Waals surface area contributed by atoms with E-state index < -0.39 is 0 Å². The van der Waals surface area contributed by atoms with Gasteiger partial charge in [0.05, 0.1) is 18.5 Å². The number of nitrogens with zero attached hydrogens (tertiary/aromatic N) is 1. The molecule has 35 heavy (non-hydrogen) atoms. The molecule has 1 heterocycles. The average molecular weight is 457 g/mol.